The van der Waals surface area contributed by atoms with Crippen LogP contribution >= 0.6 is 0 Å². The zero-order valence-electron chi connectivity index (χ0n) is 10.7. The highest BCUT2D eigenvalue weighted by Gasteiger charge is 2.35. The van der Waals surface area contributed by atoms with Gasteiger partial charge < -0.3 is 0 Å². The fourth-order valence-corrected chi connectivity index (χ4v) is 2.68. The van der Waals surface area contributed by atoms with Crippen molar-refractivity contribution in [2.24, 2.45) is 5.41 Å². The molecule has 0 spiro atoms. The first-order valence-electron chi connectivity index (χ1n) is 6.27. The molecule has 1 aliphatic carbocycles. The maximum Gasteiger partial charge on any atom is 0.113 e. The lowest BCUT2D eigenvalue weighted by atomic mass is 9.63. The molecule has 0 bridgehead atoms. The normalized spacial score (nSPS) is 22.9. The Morgan fingerprint density at radius 3 is 2.19 bits per heavy atom. The molecular formula is C15H21B. The minimum atomic E-state index is 0.338. The molecule has 16 heavy (non-hydrogen) atoms. The first kappa shape index (κ1) is 11.8. The van der Waals surface area contributed by atoms with Gasteiger partial charge in [-0.3, -0.25) is 0 Å². The van der Waals surface area contributed by atoms with Gasteiger partial charge in [0.15, 0.2) is 0 Å². The lowest BCUT2D eigenvalue weighted by molar-refractivity contribution is 0.173. The molecule has 0 aromatic heterocycles. The molecule has 0 atom stereocenters. The number of benzene rings is 1. The van der Waals surface area contributed by atoms with Crippen molar-refractivity contribution in [3.8, 4) is 0 Å². The smallest absolute Gasteiger partial charge is 0.0964 e. The van der Waals surface area contributed by atoms with Crippen molar-refractivity contribution in [2.75, 3.05) is 0 Å². The van der Waals surface area contributed by atoms with E-state index in [4.69, 9.17) is 7.85 Å². The van der Waals surface area contributed by atoms with Gasteiger partial charge in [-0.1, -0.05) is 50.5 Å². The van der Waals surface area contributed by atoms with E-state index >= 15 is 0 Å². The fourth-order valence-electron chi connectivity index (χ4n) is 2.68. The van der Waals surface area contributed by atoms with E-state index in [9.17, 15) is 0 Å². The highest BCUT2D eigenvalue weighted by atomic mass is 14.4. The second kappa shape index (κ2) is 3.94. The molecule has 1 aliphatic rings. The summed E-state index contributed by atoms with van der Waals surface area (Å²) in [6.45, 7) is 7.15. The van der Waals surface area contributed by atoms with E-state index < -0.39 is 0 Å². The number of hydrogen-bond acceptors (Lipinski definition) is 0. The van der Waals surface area contributed by atoms with Gasteiger partial charge in [0.2, 0.25) is 0 Å². The molecule has 0 heterocycles. The Labute approximate surface area is 101 Å². The van der Waals surface area contributed by atoms with Gasteiger partial charge in [-0.25, -0.2) is 0 Å². The summed E-state index contributed by atoms with van der Waals surface area (Å²) in [4.78, 5) is 0. The molecule has 1 aromatic carbocycles. The van der Waals surface area contributed by atoms with Crippen molar-refractivity contribution in [3.63, 3.8) is 0 Å². The van der Waals surface area contributed by atoms with Crippen LogP contribution in [0.5, 0.6) is 0 Å². The second-order valence-corrected chi connectivity index (χ2v) is 6.35. The molecule has 0 aliphatic heterocycles. The Morgan fingerprint density at radius 1 is 1.00 bits per heavy atom. The molecule has 1 heteroatoms. The predicted octanol–water partition coefficient (Wildman–Crippen LogP) is 3.34. The van der Waals surface area contributed by atoms with Crippen LogP contribution in [0.4, 0.5) is 0 Å². The summed E-state index contributed by atoms with van der Waals surface area (Å²) < 4.78 is 0. The van der Waals surface area contributed by atoms with Gasteiger partial charge in [0.1, 0.15) is 7.85 Å². The first-order chi connectivity index (χ1) is 7.41. The average Bonchev–Trinajstić information content (AvgIpc) is 2.23. The van der Waals surface area contributed by atoms with Gasteiger partial charge in [0.25, 0.3) is 0 Å². The number of rotatable bonds is 1. The standard InChI is InChI=1S/C15H21B/c1-14(2)7-9-15(3,10-8-14)12-5-4-6-13(16)11-12/h4-6,11H,7-10H2,1-3H3. The third-order valence-corrected chi connectivity index (χ3v) is 4.29. The van der Waals surface area contributed by atoms with E-state index in [2.05, 4.69) is 39.0 Å². The van der Waals surface area contributed by atoms with E-state index in [0.29, 0.717) is 10.8 Å². The average molecular weight is 212 g/mol. The van der Waals surface area contributed by atoms with Crippen molar-refractivity contribution >= 4 is 13.3 Å². The molecule has 1 fully saturated rings. The topological polar surface area (TPSA) is 0 Å². The molecule has 0 amide bonds. The Kier molecular flexibility index (Phi) is 2.90. The van der Waals surface area contributed by atoms with E-state index in [1.54, 1.807) is 0 Å². The zero-order valence-corrected chi connectivity index (χ0v) is 10.7. The molecule has 0 nitrogen and oxygen atoms in total. The molecule has 0 N–H and O–H groups in total. The lowest BCUT2D eigenvalue weighted by Gasteiger charge is -2.42. The van der Waals surface area contributed by atoms with Crippen molar-refractivity contribution in [1.82, 2.24) is 0 Å². The SMILES string of the molecule is [B]c1cccc(C2(C)CCC(C)(C)CC2)c1. The maximum atomic E-state index is 5.88. The van der Waals surface area contributed by atoms with Crippen LogP contribution in [-0.4, -0.2) is 7.85 Å². The lowest BCUT2D eigenvalue weighted by Crippen LogP contribution is -2.32. The minimum absolute atomic E-state index is 0.338. The van der Waals surface area contributed by atoms with E-state index in [-0.39, 0.29) is 0 Å². The quantitative estimate of drug-likeness (QED) is 0.626. The molecule has 0 saturated heterocycles. The summed E-state index contributed by atoms with van der Waals surface area (Å²) >= 11 is 0. The summed E-state index contributed by atoms with van der Waals surface area (Å²) in [6, 6.07) is 8.43. The Morgan fingerprint density at radius 2 is 1.62 bits per heavy atom. The summed E-state index contributed by atoms with van der Waals surface area (Å²) in [6.07, 6.45) is 5.20. The maximum absolute atomic E-state index is 5.88. The summed E-state index contributed by atoms with van der Waals surface area (Å²) in [5.74, 6) is 0. The Bertz CT molecular complexity index is 369. The Balaban J connectivity index is 2.21. The molecule has 84 valence electrons. The van der Waals surface area contributed by atoms with E-state index in [1.165, 1.54) is 31.2 Å². The predicted molar refractivity (Wildman–Crippen MR) is 71.4 cm³/mol. The van der Waals surface area contributed by atoms with Gasteiger partial charge in [-0.15, -0.1) is 0 Å². The van der Waals surface area contributed by atoms with Crippen molar-refractivity contribution in [1.29, 1.82) is 0 Å². The molecule has 2 rings (SSSR count). The minimum Gasteiger partial charge on any atom is -0.0964 e. The summed E-state index contributed by atoms with van der Waals surface area (Å²) in [5.41, 5.74) is 3.18. The van der Waals surface area contributed by atoms with Crippen LogP contribution in [0.1, 0.15) is 52.0 Å². The molecule has 1 aromatic rings. The van der Waals surface area contributed by atoms with Crippen LogP contribution < -0.4 is 5.46 Å². The van der Waals surface area contributed by atoms with Crippen molar-refractivity contribution in [2.45, 2.75) is 51.9 Å². The van der Waals surface area contributed by atoms with Crippen LogP contribution in [-0.2, 0) is 5.41 Å². The molecule has 1 saturated carbocycles. The highest BCUT2D eigenvalue weighted by molar-refractivity contribution is 6.32. The fraction of sp³-hybridized carbons (Fsp3) is 0.600. The third kappa shape index (κ3) is 2.34. The van der Waals surface area contributed by atoms with Gasteiger partial charge >= 0.3 is 0 Å². The summed E-state index contributed by atoms with van der Waals surface area (Å²) in [7, 11) is 5.88. The summed E-state index contributed by atoms with van der Waals surface area (Å²) in [5, 5.41) is 0. The van der Waals surface area contributed by atoms with Gasteiger partial charge in [-0.05, 0) is 42.1 Å². The highest BCUT2D eigenvalue weighted by Crippen LogP contribution is 2.46. The van der Waals surface area contributed by atoms with Crippen LogP contribution in [0.3, 0.4) is 0 Å². The Hall–Kier alpha value is -0.715. The third-order valence-electron chi connectivity index (χ3n) is 4.29. The van der Waals surface area contributed by atoms with Crippen LogP contribution in [0.15, 0.2) is 24.3 Å². The largest absolute Gasteiger partial charge is 0.113 e. The second-order valence-electron chi connectivity index (χ2n) is 6.35. The van der Waals surface area contributed by atoms with Gasteiger partial charge in [0, 0.05) is 0 Å². The number of hydrogen-bond donors (Lipinski definition) is 0. The van der Waals surface area contributed by atoms with E-state index in [1.807, 2.05) is 6.07 Å². The van der Waals surface area contributed by atoms with E-state index in [0.717, 1.165) is 5.46 Å². The molecule has 2 radical (unpaired) electrons. The molecular weight excluding hydrogens is 191 g/mol. The van der Waals surface area contributed by atoms with Gasteiger partial charge in [-0.2, -0.15) is 0 Å². The molecule has 0 unspecified atom stereocenters. The van der Waals surface area contributed by atoms with Crippen molar-refractivity contribution in [3.05, 3.63) is 29.8 Å². The van der Waals surface area contributed by atoms with Crippen molar-refractivity contribution < 1.29 is 0 Å². The van der Waals surface area contributed by atoms with Crippen LogP contribution in [0, 0.1) is 5.41 Å². The van der Waals surface area contributed by atoms with Crippen LogP contribution in [0.2, 0.25) is 0 Å². The first-order valence-corrected chi connectivity index (χ1v) is 6.27. The zero-order chi connectivity index (χ0) is 11.8. The monoisotopic (exact) mass is 212 g/mol. The van der Waals surface area contributed by atoms with Gasteiger partial charge in [0.05, 0.1) is 0 Å². The van der Waals surface area contributed by atoms with Crippen LogP contribution in [0.25, 0.3) is 0 Å².